The summed E-state index contributed by atoms with van der Waals surface area (Å²) in [5.41, 5.74) is 2.14. The van der Waals surface area contributed by atoms with E-state index >= 15 is 0 Å². The van der Waals surface area contributed by atoms with Crippen molar-refractivity contribution >= 4 is 5.96 Å². The summed E-state index contributed by atoms with van der Waals surface area (Å²) in [6.45, 7) is 6.72. The van der Waals surface area contributed by atoms with Gasteiger partial charge in [0, 0.05) is 12.7 Å². The van der Waals surface area contributed by atoms with E-state index in [0.717, 1.165) is 23.9 Å². The van der Waals surface area contributed by atoms with Crippen LogP contribution >= 0.6 is 0 Å². The lowest BCUT2D eigenvalue weighted by Crippen LogP contribution is -2.39. The van der Waals surface area contributed by atoms with E-state index in [0.29, 0.717) is 19.7 Å². The second-order valence-corrected chi connectivity index (χ2v) is 5.11. The first-order valence-corrected chi connectivity index (χ1v) is 7.89. The van der Waals surface area contributed by atoms with E-state index in [2.05, 4.69) is 33.6 Å². The van der Waals surface area contributed by atoms with Crippen molar-refractivity contribution in [2.45, 2.75) is 20.4 Å². The Labute approximate surface area is 137 Å². The van der Waals surface area contributed by atoms with Crippen molar-refractivity contribution in [3.05, 3.63) is 59.9 Å². The van der Waals surface area contributed by atoms with Crippen LogP contribution in [0.25, 0.3) is 0 Å². The Kier molecular flexibility index (Phi) is 6.91. The summed E-state index contributed by atoms with van der Waals surface area (Å²) in [6.07, 6.45) is 1.78. The molecule has 2 rings (SSSR count). The Balaban J connectivity index is 1.78. The van der Waals surface area contributed by atoms with E-state index in [1.54, 1.807) is 6.20 Å². The number of aliphatic imine (C=N–C) groups is 1. The van der Waals surface area contributed by atoms with Crippen LogP contribution in [0, 0.1) is 6.92 Å². The fourth-order valence-electron chi connectivity index (χ4n) is 2.04. The second kappa shape index (κ2) is 9.46. The van der Waals surface area contributed by atoms with Crippen molar-refractivity contribution in [1.29, 1.82) is 0 Å². The quantitative estimate of drug-likeness (QED) is 0.468. The fourth-order valence-corrected chi connectivity index (χ4v) is 2.04. The number of ether oxygens (including phenoxy) is 1. The molecule has 0 aliphatic rings. The molecule has 0 fully saturated rings. The zero-order valence-electron chi connectivity index (χ0n) is 13.7. The van der Waals surface area contributed by atoms with Crippen molar-refractivity contribution in [2.24, 2.45) is 4.99 Å². The van der Waals surface area contributed by atoms with Crippen LogP contribution in [0.1, 0.15) is 18.2 Å². The van der Waals surface area contributed by atoms with Crippen molar-refractivity contribution in [2.75, 3.05) is 19.7 Å². The van der Waals surface area contributed by atoms with Gasteiger partial charge in [-0.05, 0) is 43.7 Å². The molecule has 1 aromatic carbocycles. The van der Waals surface area contributed by atoms with Crippen molar-refractivity contribution in [3.63, 3.8) is 0 Å². The molecule has 0 radical (unpaired) electrons. The molecule has 0 saturated carbocycles. The molecule has 5 nitrogen and oxygen atoms in total. The van der Waals surface area contributed by atoms with Gasteiger partial charge in [0.15, 0.2) is 5.96 Å². The minimum Gasteiger partial charge on any atom is -0.492 e. The van der Waals surface area contributed by atoms with E-state index in [4.69, 9.17) is 4.74 Å². The molecule has 2 N–H and O–H groups in total. The first kappa shape index (κ1) is 16.8. The summed E-state index contributed by atoms with van der Waals surface area (Å²) >= 11 is 0. The zero-order valence-corrected chi connectivity index (χ0v) is 13.7. The SMILES string of the molecule is CCNC(=NCc1ccccn1)NCCOc1cccc(C)c1. The highest BCUT2D eigenvalue weighted by molar-refractivity contribution is 5.79. The van der Waals surface area contributed by atoms with Gasteiger partial charge in [0.05, 0.1) is 18.8 Å². The minimum atomic E-state index is 0.551. The molecule has 122 valence electrons. The van der Waals surface area contributed by atoms with Gasteiger partial charge in [-0.25, -0.2) is 4.99 Å². The largest absolute Gasteiger partial charge is 0.492 e. The third-order valence-electron chi connectivity index (χ3n) is 3.12. The molecule has 0 saturated heterocycles. The Hall–Kier alpha value is -2.56. The van der Waals surface area contributed by atoms with Crippen LogP contribution in [0.4, 0.5) is 0 Å². The van der Waals surface area contributed by atoms with E-state index in [1.807, 2.05) is 43.3 Å². The number of pyridine rings is 1. The maximum Gasteiger partial charge on any atom is 0.191 e. The predicted molar refractivity (Wildman–Crippen MR) is 93.7 cm³/mol. The highest BCUT2D eigenvalue weighted by Crippen LogP contribution is 2.11. The molecule has 0 aliphatic carbocycles. The van der Waals surface area contributed by atoms with E-state index in [1.165, 1.54) is 5.56 Å². The molecule has 0 bridgehead atoms. The van der Waals surface area contributed by atoms with Crippen molar-refractivity contribution in [1.82, 2.24) is 15.6 Å². The summed E-state index contributed by atoms with van der Waals surface area (Å²) in [6, 6.07) is 13.9. The van der Waals surface area contributed by atoms with Gasteiger partial charge in [-0.1, -0.05) is 18.2 Å². The van der Waals surface area contributed by atoms with Gasteiger partial charge in [-0.3, -0.25) is 4.98 Å². The lowest BCUT2D eigenvalue weighted by Gasteiger charge is -2.12. The number of nitrogens with zero attached hydrogens (tertiary/aromatic N) is 2. The highest BCUT2D eigenvalue weighted by atomic mass is 16.5. The molecular weight excluding hydrogens is 288 g/mol. The van der Waals surface area contributed by atoms with E-state index in [-0.39, 0.29) is 0 Å². The normalized spacial score (nSPS) is 11.1. The molecule has 1 heterocycles. The number of rotatable bonds is 7. The molecule has 5 heteroatoms. The number of aromatic nitrogens is 1. The first-order chi connectivity index (χ1) is 11.3. The molecule has 0 amide bonds. The van der Waals surface area contributed by atoms with Crippen LogP contribution in [0.5, 0.6) is 5.75 Å². The maximum absolute atomic E-state index is 5.72. The summed E-state index contributed by atoms with van der Waals surface area (Å²) in [7, 11) is 0. The Morgan fingerprint density at radius 2 is 2.09 bits per heavy atom. The first-order valence-electron chi connectivity index (χ1n) is 7.89. The van der Waals surface area contributed by atoms with Crippen molar-refractivity contribution in [3.8, 4) is 5.75 Å². The van der Waals surface area contributed by atoms with E-state index < -0.39 is 0 Å². The molecule has 0 spiro atoms. The standard InChI is InChI=1S/C18H24N4O/c1-3-19-18(22-14-16-8-4-5-10-20-16)21-11-12-23-17-9-6-7-15(2)13-17/h4-10,13H,3,11-12,14H2,1-2H3,(H2,19,21,22). The molecular formula is C18H24N4O. The average Bonchev–Trinajstić information content (AvgIpc) is 2.57. The average molecular weight is 312 g/mol. The highest BCUT2D eigenvalue weighted by Gasteiger charge is 1.99. The molecule has 23 heavy (non-hydrogen) atoms. The number of aryl methyl sites for hydroxylation is 1. The fraction of sp³-hybridized carbons (Fsp3) is 0.333. The maximum atomic E-state index is 5.72. The topological polar surface area (TPSA) is 58.5 Å². The van der Waals surface area contributed by atoms with Crippen LogP contribution < -0.4 is 15.4 Å². The lowest BCUT2D eigenvalue weighted by molar-refractivity contribution is 0.321. The summed E-state index contributed by atoms with van der Waals surface area (Å²) in [5, 5.41) is 6.48. The van der Waals surface area contributed by atoms with Crippen LogP contribution in [0.15, 0.2) is 53.7 Å². The number of nitrogens with one attached hydrogen (secondary N) is 2. The number of benzene rings is 1. The molecule has 0 atom stereocenters. The Morgan fingerprint density at radius 1 is 1.17 bits per heavy atom. The van der Waals surface area contributed by atoms with Gasteiger partial charge in [0.2, 0.25) is 0 Å². The van der Waals surface area contributed by atoms with Gasteiger partial charge in [-0.15, -0.1) is 0 Å². The third kappa shape index (κ3) is 6.38. The molecule has 0 unspecified atom stereocenters. The van der Waals surface area contributed by atoms with Crippen LogP contribution in [0.2, 0.25) is 0 Å². The monoisotopic (exact) mass is 312 g/mol. The number of hydrogen-bond donors (Lipinski definition) is 2. The zero-order chi connectivity index (χ0) is 16.3. The molecule has 0 aliphatic heterocycles. The van der Waals surface area contributed by atoms with Gasteiger partial charge < -0.3 is 15.4 Å². The Morgan fingerprint density at radius 3 is 2.83 bits per heavy atom. The smallest absolute Gasteiger partial charge is 0.191 e. The van der Waals surface area contributed by atoms with Gasteiger partial charge >= 0.3 is 0 Å². The summed E-state index contributed by atoms with van der Waals surface area (Å²) in [4.78, 5) is 8.79. The van der Waals surface area contributed by atoms with E-state index in [9.17, 15) is 0 Å². The van der Waals surface area contributed by atoms with Crippen LogP contribution in [-0.4, -0.2) is 30.6 Å². The predicted octanol–water partition coefficient (Wildman–Crippen LogP) is 2.52. The van der Waals surface area contributed by atoms with Crippen molar-refractivity contribution < 1.29 is 4.74 Å². The lowest BCUT2D eigenvalue weighted by atomic mass is 10.2. The Bertz CT molecular complexity index is 613. The third-order valence-corrected chi connectivity index (χ3v) is 3.12. The molecule has 2 aromatic rings. The van der Waals surface area contributed by atoms with Gasteiger partial charge in [0.1, 0.15) is 12.4 Å². The number of guanidine groups is 1. The number of hydrogen-bond acceptors (Lipinski definition) is 3. The van der Waals surface area contributed by atoms with Crippen LogP contribution in [0.3, 0.4) is 0 Å². The summed E-state index contributed by atoms with van der Waals surface area (Å²) < 4.78 is 5.72. The van der Waals surface area contributed by atoms with Crippen LogP contribution in [-0.2, 0) is 6.54 Å². The molecule has 1 aromatic heterocycles. The minimum absolute atomic E-state index is 0.551. The van der Waals surface area contributed by atoms with Gasteiger partial charge in [-0.2, -0.15) is 0 Å². The van der Waals surface area contributed by atoms with Gasteiger partial charge in [0.25, 0.3) is 0 Å². The summed E-state index contributed by atoms with van der Waals surface area (Å²) in [5.74, 6) is 1.66. The second-order valence-electron chi connectivity index (χ2n) is 5.11.